The van der Waals surface area contributed by atoms with E-state index >= 15 is 0 Å². The summed E-state index contributed by atoms with van der Waals surface area (Å²) in [5, 5.41) is 1.05. The SMILES string of the molecule is CCCN=C1S/C(=C/c2ccc(O/C=C/C=O)c(Cl)c2)C(=O)N1c1ccccc1C. The van der Waals surface area contributed by atoms with E-state index in [-0.39, 0.29) is 5.91 Å². The van der Waals surface area contributed by atoms with Gasteiger partial charge in [0.15, 0.2) is 5.17 Å². The first-order valence-corrected chi connectivity index (χ1v) is 10.6. The van der Waals surface area contributed by atoms with Crippen LogP contribution in [0.1, 0.15) is 24.5 Å². The number of halogens is 1. The van der Waals surface area contributed by atoms with Crippen LogP contribution >= 0.6 is 23.4 Å². The second-order valence-electron chi connectivity index (χ2n) is 6.47. The zero-order valence-corrected chi connectivity index (χ0v) is 18.2. The Morgan fingerprint density at radius 2 is 2.03 bits per heavy atom. The van der Waals surface area contributed by atoms with Crippen LogP contribution in [0.4, 0.5) is 5.69 Å². The second-order valence-corrected chi connectivity index (χ2v) is 7.89. The monoisotopic (exact) mass is 440 g/mol. The highest BCUT2D eigenvalue weighted by atomic mass is 35.5. The first kappa shape index (κ1) is 21.9. The van der Waals surface area contributed by atoms with Gasteiger partial charge >= 0.3 is 0 Å². The van der Waals surface area contributed by atoms with Gasteiger partial charge in [0, 0.05) is 12.6 Å². The predicted octanol–water partition coefficient (Wildman–Crippen LogP) is 5.63. The Morgan fingerprint density at radius 1 is 1.23 bits per heavy atom. The molecule has 2 aromatic rings. The Morgan fingerprint density at radius 3 is 2.73 bits per heavy atom. The number of carbonyl (C=O) groups is 2. The Bertz CT molecular complexity index is 1050. The van der Waals surface area contributed by atoms with Gasteiger partial charge in [0.2, 0.25) is 0 Å². The number of hydrogen-bond donors (Lipinski definition) is 0. The molecule has 0 N–H and O–H groups in total. The largest absolute Gasteiger partial charge is 0.463 e. The van der Waals surface area contributed by atoms with Gasteiger partial charge in [-0.3, -0.25) is 19.5 Å². The van der Waals surface area contributed by atoms with Crippen LogP contribution < -0.4 is 9.64 Å². The third-order valence-corrected chi connectivity index (χ3v) is 5.54. The maximum atomic E-state index is 13.2. The summed E-state index contributed by atoms with van der Waals surface area (Å²) in [5.74, 6) is 0.309. The number of aryl methyl sites for hydroxylation is 1. The second kappa shape index (κ2) is 10.3. The van der Waals surface area contributed by atoms with Crippen molar-refractivity contribution in [3.8, 4) is 5.75 Å². The summed E-state index contributed by atoms with van der Waals surface area (Å²) in [6, 6.07) is 13.0. The first-order chi connectivity index (χ1) is 14.5. The molecule has 1 amide bonds. The lowest BCUT2D eigenvalue weighted by Gasteiger charge is -2.17. The number of rotatable bonds is 7. The molecule has 154 valence electrons. The molecule has 5 nitrogen and oxygen atoms in total. The Balaban J connectivity index is 1.92. The molecule has 1 heterocycles. The fourth-order valence-corrected chi connectivity index (χ4v) is 4.04. The van der Waals surface area contributed by atoms with Crippen molar-refractivity contribution in [3.63, 3.8) is 0 Å². The lowest BCUT2D eigenvalue weighted by molar-refractivity contribution is -0.113. The zero-order chi connectivity index (χ0) is 21.5. The number of hydrogen-bond acceptors (Lipinski definition) is 5. The molecule has 2 aromatic carbocycles. The summed E-state index contributed by atoms with van der Waals surface area (Å²) in [6.45, 7) is 4.68. The van der Waals surface area contributed by atoms with Gasteiger partial charge in [0.05, 0.1) is 21.9 Å². The summed E-state index contributed by atoms with van der Waals surface area (Å²) < 4.78 is 5.31. The van der Waals surface area contributed by atoms with Gasteiger partial charge in [-0.2, -0.15) is 0 Å². The predicted molar refractivity (Wildman–Crippen MR) is 124 cm³/mol. The number of allylic oxidation sites excluding steroid dienone is 1. The molecule has 0 saturated carbocycles. The number of ether oxygens (including phenoxy) is 1. The highest BCUT2D eigenvalue weighted by Crippen LogP contribution is 2.38. The minimum absolute atomic E-state index is 0.116. The minimum atomic E-state index is -0.116. The van der Waals surface area contributed by atoms with Gasteiger partial charge in [-0.25, -0.2) is 0 Å². The van der Waals surface area contributed by atoms with E-state index in [0.29, 0.717) is 33.7 Å². The first-order valence-electron chi connectivity index (χ1n) is 9.45. The van der Waals surface area contributed by atoms with E-state index in [9.17, 15) is 9.59 Å². The van der Waals surface area contributed by atoms with Crippen molar-refractivity contribution < 1.29 is 14.3 Å². The van der Waals surface area contributed by atoms with Crippen molar-refractivity contribution in [3.05, 3.63) is 75.9 Å². The minimum Gasteiger partial charge on any atom is -0.463 e. The maximum Gasteiger partial charge on any atom is 0.271 e. The number of nitrogens with zero attached hydrogens (tertiary/aromatic N) is 2. The van der Waals surface area contributed by atoms with Crippen LogP contribution in [0, 0.1) is 6.92 Å². The Kier molecular flexibility index (Phi) is 7.49. The summed E-state index contributed by atoms with van der Waals surface area (Å²) in [5.41, 5.74) is 2.60. The molecule has 1 saturated heterocycles. The number of anilines is 1. The normalized spacial score (nSPS) is 16.8. The van der Waals surface area contributed by atoms with Crippen molar-refractivity contribution in [2.24, 2.45) is 4.99 Å². The summed E-state index contributed by atoms with van der Waals surface area (Å²) >= 11 is 7.63. The Labute approximate surface area is 185 Å². The number of thioether (sulfide) groups is 1. The molecule has 1 aliphatic rings. The van der Waals surface area contributed by atoms with Crippen LogP contribution in [0.2, 0.25) is 5.02 Å². The highest BCUT2D eigenvalue weighted by Gasteiger charge is 2.35. The lowest BCUT2D eigenvalue weighted by Crippen LogP contribution is -2.29. The molecule has 0 unspecified atom stereocenters. The fraction of sp³-hybridized carbons (Fsp3) is 0.174. The van der Waals surface area contributed by atoms with E-state index in [4.69, 9.17) is 16.3 Å². The van der Waals surface area contributed by atoms with Crippen LogP contribution in [-0.2, 0) is 9.59 Å². The molecule has 1 aliphatic heterocycles. The van der Waals surface area contributed by atoms with Gasteiger partial charge < -0.3 is 4.74 Å². The highest BCUT2D eigenvalue weighted by molar-refractivity contribution is 8.19. The van der Waals surface area contributed by atoms with Crippen LogP contribution in [0.5, 0.6) is 5.75 Å². The number of para-hydroxylation sites is 1. The van der Waals surface area contributed by atoms with Gasteiger partial charge in [-0.05, 0) is 60.5 Å². The molecule has 0 atom stereocenters. The summed E-state index contributed by atoms with van der Waals surface area (Å²) in [7, 11) is 0. The van der Waals surface area contributed by atoms with E-state index in [1.54, 1.807) is 29.2 Å². The van der Waals surface area contributed by atoms with E-state index < -0.39 is 0 Å². The van der Waals surface area contributed by atoms with Crippen molar-refractivity contribution in [1.82, 2.24) is 0 Å². The van der Waals surface area contributed by atoms with Crippen molar-refractivity contribution >= 4 is 52.5 Å². The average Bonchev–Trinajstić information content (AvgIpc) is 3.03. The van der Waals surface area contributed by atoms with Gasteiger partial charge in [0.1, 0.15) is 12.0 Å². The van der Waals surface area contributed by atoms with Gasteiger partial charge in [-0.1, -0.05) is 42.8 Å². The molecule has 1 fully saturated rings. The molecule has 0 radical (unpaired) electrons. The van der Waals surface area contributed by atoms with Crippen LogP contribution in [-0.4, -0.2) is 23.9 Å². The summed E-state index contributed by atoms with van der Waals surface area (Å²) in [6.07, 6.45) is 5.81. The molecule has 0 spiro atoms. The number of aliphatic imine (C=N–C) groups is 1. The number of amidine groups is 1. The molecule has 7 heteroatoms. The lowest BCUT2D eigenvalue weighted by atomic mass is 10.1. The van der Waals surface area contributed by atoms with E-state index in [1.165, 1.54) is 24.1 Å². The van der Waals surface area contributed by atoms with Crippen molar-refractivity contribution in [1.29, 1.82) is 0 Å². The Hall–Kier alpha value is -2.83. The zero-order valence-electron chi connectivity index (χ0n) is 16.7. The van der Waals surface area contributed by atoms with E-state index in [0.717, 1.165) is 23.2 Å². The number of carbonyl (C=O) groups excluding carboxylic acids is 2. The third-order valence-electron chi connectivity index (χ3n) is 4.24. The summed E-state index contributed by atoms with van der Waals surface area (Å²) in [4.78, 5) is 30.4. The fourth-order valence-electron chi connectivity index (χ4n) is 2.81. The molecule has 0 aliphatic carbocycles. The maximum absolute atomic E-state index is 13.2. The quantitative estimate of drug-likeness (QED) is 0.318. The standard InChI is InChI=1S/C23H21ClN2O3S/c1-3-11-25-23-26(19-8-5-4-7-16(19)2)22(28)21(30-23)15-17-9-10-20(18(24)14-17)29-13-6-12-27/h4-10,12-15H,3,11H2,1-2H3/b13-6+,21-15+,25-23?. The molecule has 0 bridgehead atoms. The van der Waals surface area contributed by atoms with Gasteiger partial charge in [0.25, 0.3) is 5.91 Å². The van der Waals surface area contributed by atoms with Crippen molar-refractivity contribution in [2.75, 3.05) is 11.4 Å². The number of benzene rings is 2. The van der Waals surface area contributed by atoms with E-state index in [2.05, 4.69) is 11.9 Å². The number of aldehydes is 1. The molecule has 0 aromatic heterocycles. The third kappa shape index (κ3) is 5.01. The van der Waals surface area contributed by atoms with Gasteiger partial charge in [-0.15, -0.1) is 0 Å². The molecule has 30 heavy (non-hydrogen) atoms. The topological polar surface area (TPSA) is 59.0 Å². The smallest absolute Gasteiger partial charge is 0.271 e. The van der Waals surface area contributed by atoms with Crippen LogP contribution in [0.25, 0.3) is 6.08 Å². The average molecular weight is 441 g/mol. The molecular weight excluding hydrogens is 420 g/mol. The van der Waals surface area contributed by atoms with Crippen molar-refractivity contribution in [2.45, 2.75) is 20.3 Å². The molecular formula is C23H21ClN2O3S. The van der Waals surface area contributed by atoms with Crippen LogP contribution in [0.3, 0.4) is 0 Å². The number of amides is 1. The van der Waals surface area contributed by atoms with Crippen LogP contribution in [0.15, 0.2) is 64.7 Å². The van der Waals surface area contributed by atoms with E-state index in [1.807, 2.05) is 31.2 Å². The molecule has 3 rings (SSSR count).